The molecule has 4 rings (SSSR count). The second kappa shape index (κ2) is 8.28. The fraction of sp³-hybridized carbons (Fsp3) is 0.167. The number of esters is 1. The predicted octanol–water partition coefficient (Wildman–Crippen LogP) is 4.63. The van der Waals surface area contributed by atoms with Crippen LogP contribution in [0.4, 0.5) is 0 Å². The molecule has 2 aromatic heterocycles. The van der Waals surface area contributed by atoms with Crippen molar-refractivity contribution in [3.63, 3.8) is 0 Å². The third-order valence-corrected chi connectivity index (χ3v) is 5.13. The van der Waals surface area contributed by atoms with Gasteiger partial charge in [0, 0.05) is 5.39 Å². The lowest BCUT2D eigenvalue weighted by atomic mass is 10.0. The zero-order chi connectivity index (χ0) is 22.0. The normalized spacial score (nSPS) is 11.9. The van der Waals surface area contributed by atoms with Crippen LogP contribution in [-0.4, -0.2) is 32.6 Å². The Bertz CT molecular complexity index is 1350. The number of fused-ring (bicyclic) bond motifs is 2. The number of imidazole rings is 1. The maximum atomic E-state index is 12.9. The number of nitrogens with zero attached hydrogens (tertiary/aromatic N) is 3. The standard InChI is InChI=1S/C24H20N4O3/c1-3-17-22(14(2)15-8-4-5-9-18(15)26-17)24(30)31-13-21(29)16(12-25)23-27-19-10-6-7-11-20(19)28-23/h4-11,29H,3,13H2,1-2H3,(H,27,28)/b21-16-. The average molecular weight is 412 g/mol. The zero-order valence-electron chi connectivity index (χ0n) is 17.1. The number of benzene rings is 2. The molecule has 0 bridgehead atoms. The molecule has 0 fully saturated rings. The lowest BCUT2D eigenvalue weighted by molar-refractivity contribution is 0.0500. The van der Waals surface area contributed by atoms with E-state index in [1.807, 2.05) is 62.4 Å². The van der Waals surface area contributed by atoms with Crippen LogP contribution in [0.5, 0.6) is 0 Å². The summed E-state index contributed by atoms with van der Waals surface area (Å²) in [5, 5.41) is 20.8. The number of H-pyrrole nitrogens is 1. The number of aromatic nitrogens is 3. The average Bonchev–Trinajstić information content (AvgIpc) is 3.21. The Balaban J connectivity index is 1.63. The van der Waals surface area contributed by atoms with E-state index in [0.29, 0.717) is 23.2 Å². The van der Waals surface area contributed by atoms with Gasteiger partial charge in [0.2, 0.25) is 0 Å². The van der Waals surface area contributed by atoms with Crippen LogP contribution in [0.15, 0.2) is 54.3 Å². The number of nitrogens with one attached hydrogen (secondary N) is 1. The van der Waals surface area contributed by atoms with Crippen LogP contribution < -0.4 is 0 Å². The maximum Gasteiger partial charge on any atom is 0.340 e. The predicted molar refractivity (Wildman–Crippen MR) is 117 cm³/mol. The molecule has 0 radical (unpaired) electrons. The minimum absolute atomic E-state index is 0.0759. The van der Waals surface area contributed by atoms with Crippen molar-refractivity contribution in [2.24, 2.45) is 0 Å². The van der Waals surface area contributed by atoms with Crippen LogP contribution in [-0.2, 0) is 11.2 Å². The molecule has 0 atom stereocenters. The number of rotatable bonds is 5. The number of pyridine rings is 1. The van der Waals surface area contributed by atoms with Gasteiger partial charge in [0.1, 0.15) is 18.2 Å². The van der Waals surface area contributed by atoms with Crippen LogP contribution in [0.2, 0.25) is 0 Å². The van der Waals surface area contributed by atoms with E-state index in [4.69, 9.17) is 4.74 Å². The minimum atomic E-state index is -0.596. The summed E-state index contributed by atoms with van der Waals surface area (Å²) in [6.07, 6.45) is 0.556. The molecule has 154 valence electrons. The number of aromatic amines is 1. The number of aliphatic hydroxyl groups is 1. The molecule has 31 heavy (non-hydrogen) atoms. The van der Waals surface area contributed by atoms with Crippen molar-refractivity contribution < 1.29 is 14.6 Å². The molecule has 7 nitrogen and oxygen atoms in total. The number of para-hydroxylation sites is 3. The molecule has 4 aromatic rings. The third-order valence-electron chi connectivity index (χ3n) is 5.13. The minimum Gasteiger partial charge on any atom is -0.507 e. The largest absolute Gasteiger partial charge is 0.507 e. The van der Waals surface area contributed by atoms with Crippen molar-refractivity contribution in [3.8, 4) is 6.07 Å². The Morgan fingerprint density at radius 2 is 1.84 bits per heavy atom. The number of allylic oxidation sites excluding steroid dienone is 1. The van der Waals surface area contributed by atoms with Crippen LogP contribution in [0.3, 0.4) is 0 Å². The topological polar surface area (TPSA) is 112 Å². The quantitative estimate of drug-likeness (QED) is 0.281. The first kappa shape index (κ1) is 20.1. The highest BCUT2D eigenvalue weighted by atomic mass is 16.5. The molecule has 7 heteroatoms. The lowest BCUT2D eigenvalue weighted by Crippen LogP contribution is -2.14. The number of nitriles is 1. The Hall–Kier alpha value is -4.18. The Labute approximate surface area is 178 Å². The highest BCUT2D eigenvalue weighted by Gasteiger charge is 2.21. The van der Waals surface area contributed by atoms with Gasteiger partial charge in [0.25, 0.3) is 0 Å². The SMILES string of the molecule is CCc1nc2ccccc2c(C)c1C(=O)OC/C(O)=C(\C#N)c1nc2ccccc2[nH]1. The summed E-state index contributed by atoms with van der Waals surface area (Å²) < 4.78 is 5.36. The second-order valence-corrected chi connectivity index (χ2v) is 7.04. The Kier molecular flexibility index (Phi) is 5.37. The number of carbonyl (C=O) groups excluding carboxylic acids is 1. The number of hydrogen-bond donors (Lipinski definition) is 2. The van der Waals surface area contributed by atoms with Crippen molar-refractivity contribution in [1.29, 1.82) is 5.26 Å². The van der Waals surface area contributed by atoms with E-state index in [0.717, 1.165) is 22.0 Å². The number of hydrogen-bond acceptors (Lipinski definition) is 6. The van der Waals surface area contributed by atoms with Crippen molar-refractivity contribution in [1.82, 2.24) is 15.0 Å². The monoisotopic (exact) mass is 412 g/mol. The van der Waals surface area contributed by atoms with Gasteiger partial charge >= 0.3 is 5.97 Å². The van der Waals surface area contributed by atoms with Gasteiger partial charge in [-0.3, -0.25) is 4.98 Å². The van der Waals surface area contributed by atoms with Crippen molar-refractivity contribution in [2.75, 3.05) is 6.61 Å². The fourth-order valence-electron chi connectivity index (χ4n) is 3.57. The Morgan fingerprint density at radius 1 is 1.13 bits per heavy atom. The van der Waals surface area contributed by atoms with Crippen LogP contribution >= 0.6 is 0 Å². The number of aliphatic hydroxyl groups excluding tert-OH is 1. The van der Waals surface area contributed by atoms with E-state index in [1.54, 1.807) is 6.07 Å². The van der Waals surface area contributed by atoms with Crippen LogP contribution in [0, 0.1) is 18.3 Å². The summed E-state index contributed by atoms with van der Waals surface area (Å²) in [7, 11) is 0. The van der Waals surface area contributed by atoms with Crippen molar-refractivity contribution >= 4 is 33.5 Å². The first-order valence-electron chi connectivity index (χ1n) is 9.86. The second-order valence-electron chi connectivity index (χ2n) is 7.04. The van der Waals surface area contributed by atoms with E-state index in [1.165, 1.54) is 0 Å². The Morgan fingerprint density at radius 3 is 2.55 bits per heavy atom. The van der Waals surface area contributed by atoms with Gasteiger partial charge in [0.05, 0.1) is 27.8 Å². The van der Waals surface area contributed by atoms with Gasteiger partial charge in [-0.2, -0.15) is 5.26 Å². The molecule has 0 saturated carbocycles. The van der Waals surface area contributed by atoms with E-state index >= 15 is 0 Å². The van der Waals surface area contributed by atoms with Gasteiger partial charge in [0.15, 0.2) is 11.6 Å². The van der Waals surface area contributed by atoms with Crippen molar-refractivity contribution in [2.45, 2.75) is 20.3 Å². The van der Waals surface area contributed by atoms with Crippen LogP contribution in [0.1, 0.15) is 34.4 Å². The number of carbonyl (C=O) groups is 1. The van der Waals surface area contributed by atoms with Gasteiger partial charge in [-0.05, 0) is 37.1 Å². The van der Waals surface area contributed by atoms with E-state index in [-0.39, 0.29) is 17.2 Å². The lowest BCUT2D eigenvalue weighted by Gasteiger charge is -2.13. The van der Waals surface area contributed by atoms with Gasteiger partial charge in [-0.1, -0.05) is 37.3 Å². The molecule has 0 aliphatic carbocycles. The summed E-state index contributed by atoms with van der Waals surface area (Å²) in [5.74, 6) is -0.754. The van der Waals surface area contributed by atoms with E-state index < -0.39 is 12.6 Å². The third kappa shape index (κ3) is 3.71. The molecular weight excluding hydrogens is 392 g/mol. The fourth-order valence-corrected chi connectivity index (χ4v) is 3.57. The van der Waals surface area contributed by atoms with Crippen molar-refractivity contribution in [3.05, 3.63) is 76.9 Å². The molecule has 2 N–H and O–H groups in total. The summed E-state index contributed by atoms with van der Waals surface area (Å²) >= 11 is 0. The first-order chi connectivity index (χ1) is 15.0. The highest BCUT2D eigenvalue weighted by molar-refractivity contribution is 5.98. The van der Waals surface area contributed by atoms with Crippen LogP contribution in [0.25, 0.3) is 27.5 Å². The number of aryl methyl sites for hydroxylation is 2. The zero-order valence-corrected chi connectivity index (χ0v) is 17.1. The summed E-state index contributed by atoms with van der Waals surface area (Å²) in [5.41, 5.74) is 3.93. The van der Waals surface area contributed by atoms with E-state index in [2.05, 4.69) is 15.0 Å². The van der Waals surface area contributed by atoms with Gasteiger partial charge in [-0.25, -0.2) is 9.78 Å². The maximum absolute atomic E-state index is 12.9. The highest BCUT2D eigenvalue weighted by Crippen LogP contribution is 2.25. The molecule has 0 saturated heterocycles. The number of ether oxygens (including phenoxy) is 1. The summed E-state index contributed by atoms with van der Waals surface area (Å²) in [4.78, 5) is 24.8. The molecule has 0 unspecified atom stereocenters. The molecule has 0 aliphatic heterocycles. The molecule has 2 aromatic carbocycles. The van der Waals surface area contributed by atoms with E-state index in [9.17, 15) is 15.2 Å². The summed E-state index contributed by atoms with van der Waals surface area (Å²) in [6, 6.07) is 16.8. The molecule has 2 heterocycles. The molecule has 0 amide bonds. The molecular formula is C24H20N4O3. The van der Waals surface area contributed by atoms with Gasteiger partial charge in [-0.15, -0.1) is 0 Å². The smallest absolute Gasteiger partial charge is 0.340 e. The summed E-state index contributed by atoms with van der Waals surface area (Å²) in [6.45, 7) is 3.32. The van der Waals surface area contributed by atoms with Gasteiger partial charge < -0.3 is 14.8 Å². The molecule has 0 spiro atoms. The first-order valence-corrected chi connectivity index (χ1v) is 9.86. The molecule has 0 aliphatic rings.